The van der Waals surface area contributed by atoms with Gasteiger partial charge in [-0.05, 0) is 96.5 Å². The van der Waals surface area contributed by atoms with Crippen molar-refractivity contribution < 1.29 is 48.2 Å². The first-order chi connectivity index (χ1) is 29.5. The second kappa shape index (κ2) is 21.5. The van der Waals surface area contributed by atoms with E-state index < -0.39 is 24.6 Å². The summed E-state index contributed by atoms with van der Waals surface area (Å²) in [6, 6.07) is 47.6. The van der Waals surface area contributed by atoms with Gasteiger partial charge < -0.3 is 48.2 Å². The number of aliphatic hydroxyl groups excluding tert-OH is 4. The molecule has 312 valence electrons. The lowest BCUT2D eigenvalue weighted by molar-refractivity contribution is 0.0537. The molecule has 0 spiro atoms. The van der Waals surface area contributed by atoms with Gasteiger partial charge >= 0.3 is 24.6 Å². The summed E-state index contributed by atoms with van der Waals surface area (Å²) >= 11 is 0. The summed E-state index contributed by atoms with van der Waals surface area (Å²) in [6.07, 6.45) is 1.13. The van der Waals surface area contributed by atoms with Crippen LogP contribution in [0.4, 0.5) is 0 Å². The average molecular weight is 870 g/mol. The summed E-state index contributed by atoms with van der Waals surface area (Å²) in [4.78, 5) is 13.8. The molecule has 13 nitrogen and oxygen atoms in total. The normalized spacial score (nSPS) is 16.3. The summed E-state index contributed by atoms with van der Waals surface area (Å²) in [5, 5.41) is 40.5. The smallest absolute Gasteiger partial charge is 0.440 e. The van der Waals surface area contributed by atoms with Crippen molar-refractivity contribution in [2.24, 2.45) is 4.52 Å². The van der Waals surface area contributed by atoms with Crippen LogP contribution < -0.4 is 27.8 Å². The molecule has 6 aromatic carbocycles. The van der Waals surface area contributed by atoms with Crippen molar-refractivity contribution in [2.75, 3.05) is 26.4 Å². The monoisotopic (exact) mass is 869 g/mol. The maximum Gasteiger partial charge on any atom is 0.447 e. The molecule has 2 unspecified atom stereocenters. The highest BCUT2D eigenvalue weighted by Gasteiger charge is 2.58. The van der Waals surface area contributed by atoms with Gasteiger partial charge in [0.2, 0.25) is 0 Å². The summed E-state index contributed by atoms with van der Waals surface area (Å²) in [6.45, 7) is -0.549. The SMILES string of the molecule is OCCc1ccccc1ON1P(Oc2ccccc2CCO)N=P(Oc2ccccc2CCO)(Oc2ccccc2CCO)N(Oc2ccccc2)P1Oc1ccccc1. The minimum atomic E-state index is -4.12. The van der Waals surface area contributed by atoms with E-state index in [-0.39, 0.29) is 39.3 Å². The van der Waals surface area contributed by atoms with Crippen LogP contribution in [0.2, 0.25) is 0 Å². The van der Waals surface area contributed by atoms with Crippen molar-refractivity contribution >= 4 is 24.6 Å². The lowest BCUT2D eigenvalue weighted by Crippen LogP contribution is -2.37. The van der Waals surface area contributed by atoms with Crippen LogP contribution in [-0.4, -0.2) is 56.1 Å². The molecule has 0 saturated heterocycles. The Kier molecular flexibility index (Phi) is 15.4. The number of benzene rings is 6. The zero-order valence-electron chi connectivity index (χ0n) is 32.6. The third-order valence-corrected chi connectivity index (χ3v) is 15.7. The van der Waals surface area contributed by atoms with Crippen molar-refractivity contribution in [3.63, 3.8) is 0 Å². The number of hydrogen-bond acceptors (Lipinski definition) is 13. The molecule has 1 aliphatic rings. The fraction of sp³-hybridized carbons (Fsp3) is 0.182. The molecule has 0 amide bonds. The van der Waals surface area contributed by atoms with Crippen molar-refractivity contribution in [1.82, 2.24) is 9.21 Å². The molecule has 7 rings (SSSR count). The Hall–Kier alpha value is -5.03. The number of nitrogens with zero attached hydrogens (tertiary/aromatic N) is 3. The Bertz CT molecular complexity index is 2270. The lowest BCUT2D eigenvalue weighted by atomic mass is 10.1. The average Bonchev–Trinajstić information content (AvgIpc) is 3.27. The van der Waals surface area contributed by atoms with E-state index in [1.165, 1.54) is 9.21 Å². The Morgan fingerprint density at radius 2 is 0.833 bits per heavy atom. The molecule has 0 saturated carbocycles. The molecule has 1 heterocycles. The standard InChI is InChI=1S/C44H46N3O10P3/c48-31-27-35-15-7-11-23-41(35)53-46-58(55-42-24-12-8-16-36(42)28-32-49)45-60(56-43-25-13-9-17-37(43)29-33-50,57-44-26-14-10-18-38(44)30-34-51)47(52-39-19-3-1-4-20-39)59(46)54-40-21-5-2-6-22-40/h1-26,48-51H,27-34H2. The predicted octanol–water partition coefficient (Wildman–Crippen LogP) is 9.45. The van der Waals surface area contributed by atoms with E-state index >= 15 is 0 Å². The van der Waals surface area contributed by atoms with Crippen LogP contribution in [0.1, 0.15) is 22.3 Å². The molecule has 0 radical (unpaired) electrons. The molecule has 1 aliphatic heterocycles. The number of aliphatic hydroxyl groups is 4. The third kappa shape index (κ3) is 10.6. The highest BCUT2D eigenvalue weighted by Crippen LogP contribution is 2.78. The fourth-order valence-corrected chi connectivity index (χ4v) is 13.7. The van der Waals surface area contributed by atoms with Crippen molar-refractivity contribution in [1.29, 1.82) is 0 Å². The van der Waals surface area contributed by atoms with Crippen LogP contribution in [0, 0.1) is 0 Å². The molecule has 60 heavy (non-hydrogen) atoms. The van der Waals surface area contributed by atoms with Crippen LogP contribution in [0.3, 0.4) is 0 Å². The topological polar surface area (TPSA) is 155 Å². The molecular weight excluding hydrogens is 823 g/mol. The van der Waals surface area contributed by atoms with Crippen molar-refractivity contribution in [2.45, 2.75) is 25.7 Å². The summed E-state index contributed by atoms with van der Waals surface area (Å²) < 4.78 is 36.8. The van der Waals surface area contributed by atoms with Crippen molar-refractivity contribution in [3.8, 4) is 34.5 Å². The van der Waals surface area contributed by atoms with E-state index in [0.29, 0.717) is 58.5 Å². The summed E-state index contributed by atoms with van der Waals surface area (Å²) in [7, 11) is -8.88. The Balaban J connectivity index is 1.54. The molecule has 0 fully saturated rings. The van der Waals surface area contributed by atoms with E-state index in [0.717, 1.165) is 11.1 Å². The van der Waals surface area contributed by atoms with Gasteiger partial charge in [-0.2, -0.15) is 0 Å². The maximum atomic E-state index is 10.2. The van der Waals surface area contributed by atoms with E-state index in [9.17, 15) is 20.4 Å². The largest absolute Gasteiger partial charge is 0.447 e. The molecule has 4 N–H and O–H groups in total. The molecule has 0 aromatic heterocycles. The van der Waals surface area contributed by atoms with Crippen LogP contribution in [0.5, 0.6) is 34.5 Å². The number of hydrogen-bond donors (Lipinski definition) is 4. The van der Waals surface area contributed by atoms with Gasteiger partial charge in [0.15, 0.2) is 5.75 Å². The van der Waals surface area contributed by atoms with Crippen molar-refractivity contribution in [3.05, 3.63) is 180 Å². The quantitative estimate of drug-likeness (QED) is 0.0541. The van der Waals surface area contributed by atoms with Gasteiger partial charge in [-0.1, -0.05) is 109 Å². The van der Waals surface area contributed by atoms with E-state index in [1.54, 1.807) is 48.5 Å². The Labute approximate surface area is 352 Å². The minimum Gasteiger partial charge on any atom is -0.440 e. The third-order valence-electron chi connectivity index (χ3n) is 8.91. The first-order valence-electron chi connectivity index (χ1n) is 19.3. The van der Waals surface area contributed by atoms with Crippen LogP contribution >= 0.6 is 24.6 Å². The van der Waals surface area contributed by atoms with Gasteiger partial charge in [-0.3, -0.25) is 0 Å². The van der Waals surface area contributed by atoms with Crippen LogP contribution in [-0.2, 0) is 25.7 Å². The van der Waals surface area contributed by atoms with E-state index in [4.69, 9.17) is 32.3 Å². The van der Waals surface area contributed by atoms with Gasteiger partial charge in [0, 0.05) is 35.6 Å². The molecule has 0 bridgehead atoms. The van der Waals surface area contributed by atoms with Crippen LogP contribution in [0.15, 0.2) is 162 Å². The first kappa shape index (κ1) is 43.1. The molecular formula is C44H46N3O10P3. The van der Waals surface area contributed by atoms with Gasteiger partial charge in [-0.25, -0.2) is 0 Å². The highest BCUT2D eigenvalue weighted by molar-refractivity contribution is 7.78. The summed E-state index contributed by atoms with van der Waals surface area (Å²) in [5.74, 6) is 2.46. The van der Waals surface area contributed by atoms with Crippen LogP contribution in [0.25, 0.3) is 0 Å². The van der Waals surface area contributed by atoms with E-state index in [2.05, 4.69) is 0 Å². The predicted molar refractivity (Wildman–Crippen MR) is 232 cm³/mol. The van der Waals surface area contributed by atoms with E-state index in [1.807, 2.05) is 109 Å². The van der Waals surface area contributed by atoms with Gasteiger partial charge in [0.25, 0.3) is 0 Å². The molecule has 16 heteroatoms. The Morgan fingerprint density at radius 3 is 1.33 bits per heavy atom. The molecule has 6 aromatic rings. The highest BCUT2D eigenvalue weighted by atomic mass is 31.3. The second-order valence-corrected chi connectivity index (χ2v) is 18.6. The second-order valence-electron chi connectivity index (χ2n) is 13.1. The molecule has 2 atom stereocenters. The zero-order valence-corrected chi connectivity index (χ0v) is 35.3. The molecule has 0 aliphatic carbocycles. The lowest BCUT2D eigenvalue weighted by Gasteiger charge is -2.44. The first-order valence-corrected chi connectivity index (χ1v) is 23.2. The van der Waals surface area contributed by atoms with Gasteiger partial charge in [0.1, 0.15) is 28.7 Å². The minimum absolute atomic E-state index is 0.125. The number of para-hydroxylation sites is 6. The maximum absolute atomic E-state index is 10.2. The fourth-order valence-electron chi connectivity index (χ4n) is 6.06. The Morgan fingerprint density at radius 1 is 0.433 bits per heavy atom. The zero-order chi connectivity index (χ0) is 41.6. The van der Waals surface area contributed by atoms with Gasteiger partial charge in [0.05, 0.1) is 0 Å². The van der Waals surface area contributed by atoms with Gasteiger partial charge in [-0.15, -0.1) is 4.52 Å². The summed E-state index contributed by atoms with van der Waals surface area (Å²) in [5.41, 5.74) is 2.81. The number of rotatable bonds is 20.